The molecule has 0 aliphatic carbocycles. The quantitative estimate of drug-likeness (QED) is 0.684. The molecule has 0 aliphatic heterocycles. The van der Waals surface area contributed by atoms with Gasteiger partial charge < -0.3 is 0 Å². The van der Waals surface area contributed by atoms with Crippen molar-refractivity contribution < 1.29 is 0 Å². The van der Waals surface area contributed by atoms with Crippen LogP contribution in [-0.4, -0.2) is 24.6 Å². The van der Waals surface area contributed by atoms with Crippen LogP contribution in [0.25, 0.3) is 17.0 Å². The highest BCUT2D eigenvalue weighted by Crippen LogP contribution is 2.24. The number of hydrogen-bond donors (Lipinski definition) is 0. The summed E-state index contributed by atoms with van der Waals surface area (Å²) in [5, 5.41) is 8.70. The molecule has 0 aromatic carbocycles. The molecule has 0 saturated heterocycles. The molecular weight excluding hydrogens is 262 g/mol. The first-order chi connectivity index (χ1) is 9.08. The van der Waals surface area contributed by atoms with Gasteiger partial charge in [-0.2, -0.15) is 0 Å². The number of aromatic nitrogens is 5. The number of pyridine rings is 1. The minimum Gasteiger partial charge on any atom is -0.275 e. The van der Waals surface area contributed by atoms with Gasteiger partial charge >= 0.3 is 0 Å². The number of aryl methyl sites for hydroxylation is 3. The molecule has 0 aliphatic rings. The zero-order valence-corrected chi connectivity index (χ0v) is 11.6. The van der Waals surface area contributed by atoms with Crippen LogP contribution in [0.2, 0.25) is 5.15 Å². The molecule has 0 spiro atoms. The fourth-order valence-corrected chi connectivity index (χ4v) is 2.29. The summed E-state index contributed by atoms with van der Waals surface area (Å²) in [6.45, 7) is 5.88. The van der Waals surface area contributed by atoms with Gasteiger partial charge in [0.25, 0.3) is 0 Å². The summed E-state index contributed by atoms with van der Waals surface area (Å²) in [7, 11) is 0. The van der Waals surface area contributed by atoms with Crippen LogP contribution >= 0.6 is 11.6 Å². The number of fused-ring (bicyclic) bond motifs is 1. The fraction of sp³-hybridized carbons (Fsp3) is 0.231. The molecule has 0 unspecified atom stereocenters. The van der Waals surface area contributed by atoms with Crippen molar-refractivity contribution in [3.8, 4) is 11.4 Å². The molecule has 0 amide bonds. The van der Waals surface area contributed by atoms with Gasteiger partial charge in [0, 0.05) is 23.7 Å². The van der Waals surface area contributed by atoms with Gasteiger partial charge in [0.15, 0.2) is 16.6 Å². The van der Waals surface area contributed by atoms with E-state index in [0.717, 1.165) is 28.3 Å². The Labute approximate surface area is 115 Å². The second kappa shape index (κ2) is 4.28. The Bertz CT molecular complexity index is 778. The molecule has 6 heteroatoms. The Morgan fingerprint density at radius 1 is 1.11 bits per heavy atom. The molecule has 0 bridgehead atoms. The van der Waals surface area contributed by atoms with E-state index in [1.807, 2.05) is 31.2 Å². The van der Waals surface area contributed by atoms with Gasteiger partial charge in [-0.05, 0) is 32.4 Å². The lowest BCUT2D eigenvalue weighted by Gasteiger charge is -2.07. The minimum atomic E-state index is 0.363. The van der Waals surface area contributed by atoms with Crippen LogP contribution in [0.1, 0.15) is 17.0 Å². The lowest BCUT2D eigenvalue weighted by molar-refractivity contribution is 0.998. The van der Waals surface area contributed by atoms with Gasteiger partial charge in [-0.15, -0.1) is 10.2 Å². The van der Waals surface area contributed by atoms with Gasteiger partial charge in [-0.1, -0.05) is 11.6 Å². The Kier molecular flexibility index (Phi) is 2.71. The first-order valence-electron chi connectivity index (χ1n) is 5.88. The average molecular weight is 274 g/mol. The summed E-state index contributed by atoms with van der Waals surface area (Å²) in [6.07, 6.45) is 3.58. The van der Waals surface area contributed by atoms with Crippen molar-refractivity contribution in [1.82, 2.24) is 24.6 Å². The van der Waals surface area contributed by atoms with Gasteiger partial charge in [-0.25, -0.2) is 4.98 Å². The second-order valence-corrected chi connectivity index (χ2v) is 4.87. The van der Waals surface area contributed by atoms with Crippen LogP contribution in [0.3, 0.4) is 0 Å². The van der Waals surface area contributed by atoms with Crippen LogP contribution in [0.4, 0.5) is 0 Å². The SMILES string of the molecule is Cc1cncc(-c2nnc3c(Cl)nc(C)c(C)n23)c1. The summed E-state index contributed by atoms with van der Waals surface area (Å²) < 4.78 is 1.92. The normalized spacial score (nSPS) is 11.2. The molecule has 96 valence electrons. The summed E-state index contributed by atoms with van der Waals surface area (Å²) >= 11 is 6.12. The number of hydrogen-bond acceptors (Lipinski definition) is 4. The molecule has 3 aromatic rings. The molecule has 3 aromatic heterocycles. The van der Waals surface area contributed by atoms with Gasteiger partial charge in [-0.3, -0.25) is 9.38 Å². The molecule has 3 heterocycles. The van der Waals surface area contributed by atoms with Crippen molar-refractivity contribution in [2.24, 2.45) is 0 Å². The van der Waals surface area contributed by atoms with Crippen LogP contribution in [0, 0.1) is 20.8 Å². The van der Waals surface area contributed by atoms with Crippen LogP contribution in [-0.2, 0) is 0 Å². The van der Waals surface area contributed by atoms with E-state index in [-0.39, 0.29) is 0 Å². The van der Waals surface area contributed by atoms with E-state index in [9.17, 15) is 0 Å². The van der Waals surface area contributed by atoms with Crippen LogP contribution in [0.15, 0.2) is 18.5 Å². The van der Waals surface area contributed by atoms with Crippen molar-refractivity contribution in [1.29, 1.82) is 0 Å². The first-order valence-corrected chi connectivity index (χ1v) is 6.25. The Balaban J connectivity index is 2.37. The largest absolute Gasteiger partial charge is 0.275 e. The van der Waals surface area contributed by atoms with Crippen molar-refractivity contribution in [2.45, 2.75) is 20.8 Å². The molecule has 19 heavy (non-hydrogen) atoms. The predicted octanol–water partition coefficient (Wildman–Crippen LogP) is 2.76. The van der Waals surface area contributed by atoms with E-state index in [2.05, 4.69) is 20.2 Å². The topological polar surface area (TPSA) is 56.0 Å². The summed E-state index contributed by atoms with van der Waals surface area (Å²) in [6, 6.07) is 2.02. The Hall–Kier alpha value is -2.01. The monoisotopic (exact) mass is 273 g/mol. The van der Waals surface area contributed by atoms with E-state index >= 15 is 0 Å². The van der Waals surface area contributed by atoms with Crippen molar-refractivity contribution in [3.05, 3.63) is 40.6 Å². The molecule has 0 radical (unpaired) electrons. The highest BCUT2D eigenvalue weighted by molar-refractivity contribution is 6.32. The molecule has 3 rings (SSSR count). The molecule has 0 atom stereocenters. The Morgan fingerprint density at radius 2 is 1.89 bits per heavy atom. The zero-order valence-electron chi connectivity index (χ0n) is 10.8. The highest BCUT2D eigenvalue weighted by Gasteiger charge is 2.15. The van der Waals surface area contributed by atoms with Gasteiger partial charge in [0.1, 0.15) is 0 Å². The third kappa shape index (κ3) is 1.86. The summed E-state index contributed by atoms with van der Waals surface area (Å²) in [5.41, 5.74) is 4.39. The maximum atomic E-state index is 6.12. The molecule has 0 fully saturated rings. The van der Waals surface area contributed by atoms with Crippen molar-refractivity contribution in [2.75, 3.05) is 0 Å². The maximum absolute atomic E-state index is 6.12. The third-order valence-electron chi connectivity index (χ3n) is 3.11. The predicted molar refractivity (Wildman–Crippen MR) is 73.2 cm³/mol. The number of nitrogens with zero attached hydrogens (tertiary/aromatic N) is 5. The van der Waals surface area contributed by atoms with Crippen molar-refractivity contribution >= 4 is 17.2 Å². The van der Waals surface area contributed by atoms with Crippen molar-refractivity contribution in [3.63, 3.8) is 0 Å². The van der Waals surface area contributed by atoms with E-state index < -0.39 is 0 Å². The maximum Gasteiger partial charge on any atom is 0.199 e. The minimum absolute atomic E-state index is 0.363. The smallest absolute Gasteiger partial charge is 0.199 e. The van der Waals surface area contributed by atoms with Gasteiger partial charge in [0.2, 0.25) is 0 Å². The third-order valence-corrected chi connectivity index (χ3v) is 3.36. The number of halogens is 1. The average Bonchev–Trinajstić information content (AvgIpc) is 2.81. The molecule has 0 N–H and O–H groups in total. The number of rotatable bonds is 1. The lowest BCUT2D eigenvalue weighted by Crippen LogP contribution is -2.01. The molecular formula is C13H12ClN5. The second-order valence-electron chi connectivity index (χ2n) is 4.51. The van der Waals surface area contributed by atoms with Crippen LogP contribution in [0.5, 0.6) is 0 Å². The fourth-order valence-electron chi connectivity index (χ4n) is 2.04. The zero-order chi connectivity index (χ0) is 13.6. The van der Waals surface area contributed by atoms with E-state index in [4.69, 9.17) is 11.6 Å². The summed E-state index contributed by atoms with van der Waals surface area (Å²) in [5.74, 6) is 0.733. The lowest BCUT2D eigenvalue weighted by atomic mass is 10.2. The van der Waals surface area contributed by atoms with E-state index in [1.165, 1.54) is 0 Å². The van der Waals surface area contributed by atoms with Gasteiger partial charge in [0.05, 0.1) is 5.69 Å². The summed E-state index contributed by atoms with van der Waals surface area (Å²) in [4.78, 5) is 8.44. The standard InChI is InChI=1S/C13H12ClN5/c1-7-4-10(6-15-5-7)12-17-18-13-11(14)16-8(2)9(3)19(12)13/h4-6H,1-3H3. The first kappa shape index (κ1) is 12.0. The van der Waals surface area contributed by atoms with Crippen LogP contribution < -0.4 is 0 Å². The molecule has 5 nitrogen and oxygen atoms in total. The van der Waals surface area contributed by atoms with E-state index in [1.54, 1.807) is 12.4 Å². The molecule has 0 saturated carbocycles. The Morgan fingerprint density at radius 3 is 2.63 bits per heavy atom. The highest BCUT2D eigenvalue weighted by atomic mass is 35.5. The van der Waals surface area contributed by atoms with E-state index in [0.29, 0.717) is 10.8 Å².